The average molecular weight is 313 g/mol. The van der Waals surface area contributed by atoms with Crippen molar-refractivity contribution in [2.24, 2.45) is 11.1 Å². The number of H-pyrrole nitrogens is 1. The van der Waals surface area contributed by atoms with Gasteiger partial charge in [-0.25, -0.2) is 13.6 Å². The van der Waals surface area contributed by atoms with Crippen LogP contribution in [0.4, 0.5) is 0 Å². The van der Waals surface area contributed by atoms with E-state index >= 15 is 0 Å². The number of rotatable bonds is 3. The summed E-state index contributed by atoms with van der Waals surface area (Å²) in [5.41, 5.74) is 1.52. The molecule has 0 bridgehead atoms. The Morgan fingerprint density at radius 1 is 1.55 bits per heavy atom. The SMILES string of the molecule is NS(=O)(=O)C[C@@H]1CCN(C(=O)c2cc3sccc3[nH]2)C1. The number of fused-ring (bicyclic) bond motifs is 1. The normalized spacial score (nSPS) is 19.9. The van der Waals surface area contributed by atoms with Crippen LogP contribution in [0.5, 0.6) is 0 Å². The zero-order valence-corrected chi connectivity index (χ0v) is 12.3. The number of likely N-dealkylation sites (tertiary alicyclic amines) is 1. The lowest BCUT2D eigenvalue weighted by Gasteiger charge is -2.15. The fourth-order valence-electron chi connectivity index (χ4n) is 2.62. The Morgan fingerprint density at radius 3 is 3.05 bits per heavy atom. The molecule has 3 rings (SSSR count). The largest absolute Gasteiger partial charge is 0.350 e. The van der Waals surface area contributed by atoms with Gasteiger partial charge in [-0.05, 0) is 29.9 Å². The van der Waals surface area contributed by atoms with Crippen LogP contribution in [0, 0.1) is 5.92 Å². The Bertz CT molecular complexity index is 718. The first-order chi connectivity index (χ1) is 9.42. The number of hydrogen-bond acceptors (Lipinski definition) is 4. The summed E-state index contributed by atoms with van der Waals surface area (Å²) < 4.78 is 23.2. The maximum absolute atomic E-state index is 12.3. The maximum Gasteiger partial charge on any atom is 0.270 e. The molecule has 1 saturated heterocycles. The van der Waals surface area contributed by atoms with Gasteiger partial charge in [0, 0.05) is 13.1 Å². The summed E-state index contributed by atoms with van der Waals surface area (Å²) in [6, 6.07) is 3.78. The van der Waals surface area contributed by atoms with Crippen LogP contribution in [0.3, 0.4) is 0 Å². The predicted molar refractivity (Wildman–Crippen MR) is 78.2 cm³/mol. The third-order valence-electron chi connectivity index (χ3n) is 3.51. The van der Waals surface area contributed by atoms with Crippen LogP contribution in [0.2, 0.25) is 0 Å². The number of nitrogens with zero attached hydrogens (tertiary/aromatic N) is 1. The van der Waals surface area contributed by atoms with Gasteiger partial charge in [-0.1, -0.05) is 0 Å². The highest BCUT2D eigenvalue weighted by atomic mass is 32.2. The number of hydrogen-bond donors (Lipinski definition) is 2. The van der Waals surface area contributed by atoms with E-state index in [1.54, 1.807) is 16.2 Å². The zero-order chi connectivity index (χ0) is 14.3. The second-order valence-corrected chi connectivity index (χ2v) is 7.72. The van der Waals surface area contributed by atoms with Gasteiger partial charge in [0.05, 0.1) is 16.0 Å². The van der Waals surface area contributed by atoms with E-state index in [2.05, 4.69) is 4.98 Å². The van der Waals surface area contributed by atoms with E-state index in [4.69, 9.17) is 5.14 Å². The molecule has 0 unspecified atom stereocenters. The van der Waals surface area contributed by atoms with Gasteiger partial charge >= 0.3 is 0 Å². The number of sulfonamides is 1. The Hall–Kier alpha value is -1.38. The van der Waals surface area contributed by atoms with Gasteiger partial charge in [-0.2, -0.15) is 0 Å². The second kappa shape index (κ2) is 4.87. The van der Waals surface area contributed by atoms with E-state index in [1.807, 2.05) is 17.5 Å². The van der Waals surface area contributed by atoms with Crippen molar-refractivity contribution in [2.75, 3.05) is 18.8 Å². The summed E-state index contributed by atoms with van der Waals surface area (Å²) in [5.74, 6) is -0.202. The van der Waals surface area contributed by atoms with Crippen molar-refractivity contribution in [3.05, 3.63) is 23.2 Å². The standard InChI is InChI=1S/C12H15N3O3S2/c13-20(17,18)7-8-1-3-15(6-8)12(16)10-5-11-9(14-10)2-4-19-11/h2,4-5,8,14H,1,3,6-7H2,(H2,13,17,18)/t8-/m1/s1. The molecular weight excluding hydrogens is 298 g/mol. The van der Waals surface area contributed by atoms with E-state index in [-0.39, 0.29) is 17.6 Å². The Labute approximate surface area is 120 Å². The van der Waals surface area contributed by atoms with Crippen LogP contribution in [0.1, 0.15) is 16.9 Å². The number of thiophene rings is 1. The summed E-state index contributed by atoms with van der Waals surface area (Å²) >= 11 is 1.58. The van der Waals surface area contributed by atoms with E-state index in [1.165, 1.54) is 0 Å². The summed E-state index contributed by atoms with van der Waals surface area (Å²) in [5, 5.41) is 7.01. The first-order valence-corrected chi connectivity index (χ1v) is 8.88. The molecule has 0 radical (unpaired) electrons. The third-order valence-corrected chi connectivity index (χ3v) is 5.31. The van der Waals surface area contributed by atoms with Crippen LogP contribution in [-0.4, -0.2) is 43.1 Å². The number of carbonyl (C=O) groups excluding carboxylic acids is 1. The molecule has 2 aromatic rings. The van der Waals surface area contributed by atoms with E-state index in [9.17, 15) is 13.2 Å². The first kappa shape index (κ1) is 13.6. The molecule has 6 nitrogen and oxygen atoms in total. The minimum absolute atomic E-state index is 0.0589. The molecule has 8 heteroatoms. The molecule has 1 atom stereocenters. The fraction of sp³-hybridized carbons (Fsp3) is 0.417. The predicted octanol–water partition coefficient (Wildman–Crippen LogP) is 0.980. The Kier molecular flexibility index (Phi) is 3.31. The van der Waals surface area contributed by atoms with Crippen LogP contribution in [0.15, 0.2) is 17.5 Å². The topological polar surface area (TPSA) is 96.3 Å². The van der Waals surface area contributed by atoms with Crippen LogP contribution in [0.25, 0.3) is 10.2 Å². The highest BCUT2D eigenvalue weighted by molar-refractivity contribution is 7.89. The quantitative estimate of drug-likeness (QED) is 0.884. The summed E-state index contributed by atoms with van der Waals surface area (Å²) in [6.45, 7) is 1.02. The molecule has 0 aliphatic carbocycles. The molecule has 0 saturated carbocycles. The molecule has 1 amide bonds. The lowest BCUT2D eigenvalue weighted by Crippen LogP contribution is -2.31. The van der Waals surface area contributed by atoms with Gasteiger partial charge in [0.15, 0.2) is 0 Å². The van der Waals surface area contributed by atoms with E-state index < -0.39 is 10.0 Å². The number of aromatic amines is 1. The number of nitrogens with two attached hydrogens (primary N) is 1. The molecular formula is C12H15N3O3S2. The fourth-order valence-corrected chi connectivity index (χ4v) is 4.33. The van der Waals surface area contributed by atoms with Crippen molar-refractivity contribution in [1.82, 2.24) is 9.88 Å². The molecule has 108 valence electrons. The van der Waals surface area contributed by atoms with Crippen molar-refractivity contribution in [3.63, 3.8) is 0 Å². The van der Waals surface area contributed by atoms with Gasteiger partial charge in [-0.3, -0.25) is 4.79 Å². The highest BCUT2D eigenvalue weighted by Crippen LogP contribution is 2.24. The van der Waals surface area contributed by atoms with Gasteiger partial charge in [0.25, 0.3) is 5.91 Å². The zero-order valence-electron chi connectivity index (χ0n) is 10.7. The van der Waals surface area contributed by atoms with Crippen LogP contribution >= 0.6 is 11.3 Å². The lowest BCUT2D eigenvalue weighted by molar-refractivity contribution is 0.0783. The number of amides is 1. The lowest BCUT2D eigenvalue weighted by atomic mass is 10.2. The number of aromatic nitrogens is 1. The summed E-state index contributed by atoms with van der Waals surface area (Å²) in [4.78, 5) is 17.1. The number of primary sulfonamides is 1. The van der Waals surface area contributed by atoms with Crippen molar-refractivity contribution in [3.8, 4) is 0 Å². The molecule has 2 aromatic heterocycles. The molecule has 1 aliphatic heterocycles. The van der Waals surface area contributed by atoms with Gasteiger partial charge in [0.1, 0.15) is 5.69 Å². The smallest absolute Gasteiger partial charge is 0.270 e. The minimum atomic E-state index is -3.48. The molecule has 0 spiro atoms. The Morgan fingerprint density at radius 2 is 2.35 bits per heavy atom. The second-order valence-electron chi connectivity index (χ2n) is 5.12. The van der Waals surface area contributed by atoms with E-state index in [0.29, 0.717) is 25.2 Å². The maximum atomic E-state index is 12.3. The van der Waals surface area contributed by atoms with Crippen molar-refractivity contribution < 1.29 is 13.2 Å². The van der Waals surface area contributed by atoms with Crippen molar-refractivity contribution in [2.45, 2.75) is 6.42 Å². The first-order valence-electron chi connectivity index (χ1n) is 6.28. The van der Waals surface area contributed by atoms with Crippen LogP contribution < -0.4 is 5.14 Å². The number of carbonyl (C=O) groups is 1. The molecule has 3 heterocycles. The summed E-state index contributed by atoms with van der Waals surface area (Å²) in [6.07, 6.45) is 0.678. The third kappa shape index (κ3) is 2.72. The van der Waals surface area contributed by atoms with Gasteiger partial charge < -0.3 is 9.88 Å². The average Bonchev–Trinajstić information content (AvgIpc) is 2.98. The molecule has 1 aliphatic rings. The van der Waals surface area contributed by atoms with Crippen molar-refractivity contribution in [1.29, 1.82) is 0 Å². The van der Waals surface area contributed by atoms with Gasteiger partial charge in [-0.15, -0.1) is 11.3 Å². The van der Waals surface area contributed by atoms with Crippen LogP contribution in [-0.2, 0) is 10.0 Å². The molecule has 0 aromatic carbocycles. The summed E-state index contributed by atoms with van der Waals surface area (Å²) in [7, 11) is -3.48. The minimum Gasteiger partial charge on any atom is -0.350 e. The molecule has 20 heavy (non-hydrogen) atoms. The Balaban J connectivity index is 1.71. The number of nitrogens with one attached hydrogen (secondary N) is 1. The monoisotopic (exact) mass is 313 g/mol. The molecule has 3 N–H and O–H groups in total. The molecule has 1 fully saturated rings. The van der Waals surface area contributed by atoms with Gasteiger partial charge in [0.2, 0.25) is 10.0 Å². The van der Waals surface area contributed by atoms with Crippen molar-refractivity contribution >= 4 is 37.5 Å². The highest BCUT2D eigenvalue weighted by Gasteiger charge is 2.29. The van der Waals surface area contributed by atoms with E-state index in [0.717, 1.165) is 10.2 Å².